The van der Waals surface area contributed by atoms with E-state index in [0.29, 0.717) is 0 Å². The highest BCUT2D eigenvalue weighted by atomic mass is 16.3. The summed E-state index contributed by atoms with van der Waals surface area (Å²) in [7, 11) is 0. The summed E-state index contributed by atoms with van der Waals surface area (Å²) in [5.74, 6) is 0. The Morgan fingerprint density at radius 3 is 1.69 bits per heavy atom. The summed E-state index contributed by atoms with van der Waals surface area (Å²) >= 11 is 0. The van der Waals surface area contributed by atoms with Crippen molar-refractivity contribution in [3.63, 3.8) is 0 Å². The van der Waals surface area contributed by atoms with Gasteiger partial charge in [0.15, 0.2) is 0 Å². The van der Waals surface area contributed by atoms with E-state index in [1.807, 2.05) is 12.1 Å². The van der Waals surface area contributed by atoms with Crippen molar-refractivity contribution < 1.29 is 4.42 Å². The SMILES string of the molecule is c1ccc(N(c2ccc(-c3ccc(-n4c5ccccc5c5cc6oc7ccccc7c6cc54)cc3)cc2)c2ccc(-c3cccc4ccccc34)cc2)cc1. The quantitative estimate of drug-likeness (QED) is 0.172. The van der Waals surface area contributed by atoms with Crippen LogP contribution in [0.1, 0.15) is 0 Å². The van der Waals surface area contributed by atoms with Gasteiger partial charge in [-0.2, -0.15) is 0 Å². The summed E-state index contributed by atoms with van der Waals surface area (Å²) in [4.78, 5) is 2.32. The molecule has 2 aromatic heterocycles. The summed E-state index contributed by atoms with van der Waals surface area (Å²) in [6, 6.07) is 73.9. The fourth-order valence-electron chi connectivity index (χ4n) is 8.36. The first-order valence-electron chi connectivity index (χ1n) is 18.8. The lowest BCUT2D eigenvalue weighted by Gasteiger charge is -2.26. The average Bonchev–Trinajstić information content (AvgIpc) is 3.78. The third kappa shape index (κ3) is 5.20. The van der Waals surface area contributed by atoms with Gasteiger partial charge in [0, 0.05) is 44.3 Å². The van der Waals surface area contributed by atoms with Crippen LogP contribution in [0.4, 0.5) is 17.1 Å². The van der Waals surface area contributed by atoms with Crippen LogP contribution in [0.5, 0.6) is 0 Å². The molecule has 0 aliphatic rings. The van der Waals surface area contributed by atoms with Crippen LogP contribution < -0.4 is 4.90 Å². The smallest absolute Gasteiger partial charge is 0.136 e. The first-order chi connectivity index (χ1) is 27.3. The van der Waals surface area contributed by atoms with Crippen molar-refractivity contribution in [3.8, 4) is 27.9 Å². The van der Waals surface area contributed by atoms with Crippen molar-refractivity contribution in [2.75, 3.05) is 4.90 Å². The number of benzene rings is 9. The van der Waals surface area contributed by atoms with Crippen molar-refractivity contribution >= 4 is 71.6 Å². The van der Waals surface area contributed by atoms with E-state index in [2.05, 4.69) is 204 Å². The molecule has 3 heteroatoms. The zero-order valence-electron chi connectivity index (χ0n) is 29.9. The minimum absolute atomic E-state index is 0.915. The minimum atomic E-state index is 0.915. The second kappa shape index (κ2) is 12.6. The maximum Gasteiger partial charge on any atom is 0.136 e. The maximum atomic E-state index is 6.28. The molecule has 0 amide bonds. The molecular weight excluding hydrogens is 669 g/mol. The largest absolute Gasteiger partial charge is 0.456 e. The number of hydrogen-bond acceptors (Lipinski definition) is 2. The molecule has 0 radical (unpaired) electrons. The van der Waals surface area contributed by atoms with Gasteiger partial charge < -0.3 is 13.9 Å². The summed E-state index contributed by atoms with van der Waals surface area (Å²) in [5.41, 5.74) is 13.4. The number of aromatic nitrogens is 1. The second-order valence-electron chi connectivity index (χ2n) is 14.2. The van der Waals surface area contributed by atoms with E-state index in [1.165, 1.54) is 54.8 Å². The fourth-order valence-corrected chi connectivity index (χ4v) is 8.36. The molecule has 11 rings (SSSR count). The summed E-state index contributed by atoms with van der Waals surface area (Å²) in [5, 5.41) is 7.19. The number of rotatable bonds is 6. The van der Waals surface area contributed by atoms with E-state index in [0.717, 1.165) is 44.7 Å². The summed E-state index contributed by atoms with van der Waals surface area (Å²) < 4.78 is 8.66. The monoisotopic (exact) mass is 702 g/mol. The zero-order chi connectivity index (χ0) is 36.3. The second-order valence-corrected chi connectivity index (χ2v) is 14.2. The van der Waals surface area contributed by atoms with E-state index >= 15 is 0 Å². The third-order valence-corrected chi connectivity index (χ3v) is 11.0. The molecule has 0 fully saturated rings. The molecule has 0 saturated carbocycles. The zero-order valence-corrected chi connectivity index (χ0v) is 29.9. The molecular formula is C52H34N2O. The number of fused-ring (bicyclic) bond motifs is 7. The van der Waals surface area contributed by atoms with E-state index in [1.54, 1.807) is 0 Å². The van der Waals surface area contributed by atoms with Crippen LogP contribution in [-0.2, 0) is 0 Å². The van der Waals surface area contributed by atoms with Crippen LogP contribution in [-0.4, -0.2) is 4.57 Å². The Labute approximate surface area is 318 Å². The van der Waals surface area contributed by atoms with Gasteiger partial charge in [0.2, 0.25) is 0 Å². The van der Waals surface area contributed by atoms with Gasteiger partial charge in [0.1, 0.15) is 11.2 Å². The number of para-hydroxylation sites is 3. The Hall–Kier alpha value is -7.36. The Balaban J connectivity index is 0.940. The van der Waals surface area contributed by atoms with E-state index in [-0.39, 0.29) is 0 Å². The molecule has 11 aromatic rings. The Bertz CT molecular complexity index is 3170. The third-order valence-electron chi connectivity index (χ3n) is 11.0. The predicted octanol–water partition coefficient (Wildman–Crippen LogP) is 14.6. The molecule has 258 valence electrons. The van der Waals surface area contributed by atoms with Gasteiger partial charge in [-0.15, -0.1) is 0 Å². The lowest BCUT2D eigenvalue weighted by Crippen LogP contribution is -2.09. The molecule has 0 unspecified atom stereocenters. The highest BCUT2D eigenvalue weighted by Crippen LogP contribution is 2.40. The van der Waals surface area contributed by atoms with Gasteiger partial charge in [-0.05, 0) is 106 Å². The molecule has 0 aliphatic carbocycles. The summed E-state index contributed by atoms with van der Waals surface area (Å²) in [6.07, 6.45) is 0. The van der Waals surface area contributed by atoms with Gasteiger partial charge in [0.25, 0.3) is 0 Å². The molecule has 0 saturated heterocycles. The van der Waals surface area contributed by atoms with Crippen molar-refractivity contribution in [3.05, 3.63) is 206 Å². The standard InChI is InChI=1S/C52H34N2O/c1-2-13-39(14-3-1)53(41-31-25-38(26-32-41)44-18-10-12-37-11-4-5-15-43(37)44)40-27-21-35(22-28-40)36-23-29-42(30-24-36)54-49-19-8-6-16-45(49)47-34-52-48(33-50(47)54)46-17-7-9-20-51(46)55-52/h1-34H. The van der Waals surface area contributed by atoms with Gasteiger partial charge in [-0.25, -0.2) is 0 Å². The first-order valence-corrected chi connectivity index (χ1v) is 18.8. The minimum Gasteiger partial charge on any atom is -0.456 e. The number of furan rings is 1. The maximum absolute atomic E-state index is 6.28. The number of hydrogen-bond donors (Lipinski definition) is 0. The lowest BCUT2D eigenvalue weighted by atomic mass is 9.98. The average molecular weight is 703 g/mol. The number of anilines is 3. The molecule has 0 atom stereocenters. The normalized spacial score (nSPS) is 11.6. The van der Waals surface area contributed by atoms with E-state index in [4.69, 9.17) is 4.42 Å². The molecule has 0 spiro atoms. The van der Waals surface area contributed by atoms with Crippen molar-refractivity contribution in [2.45, 2.75) is 0 Å². The number of nitrogens with zero attached hydrogens (tertiary/aromatic N) is 2. The van der Waals surface area contributed by atoms with E-state index < -0.39 is 0 Å². The van der Waals surface area contributed by atoms with Crippen molar-refractivity contribution in [2.24, 2.45) is 0 Å². The summed E-state index contributed by atoms with van der Waals surface area (Å²) in [6.45, 7) is 0. The molecule has 2 heterocycles. The van der Waals surface area contributed by atoms with Crippen LogP contribution in [0.15, 0.2) is 211 Å². The Morgan fingerprint density at radius 1 is 0.345 bits per heavy atom. The van der Waals surface area contributed by atoms with Crippen LogP contribution in [0, 0.1) is 0 Å². The van der Waals surface area contributed by atoms with Crippen LogP contribution in [0.3, 0.4) is 0 Å². The molecule has 0 N–H and O–H groups in total. The van der Waals surface area contributed by atoms with Crippen LogP contribution >= 0.6 is 0 Å². The molecule has 3 nitrogen and oxygen atoms in total. The topological polar surface area (TPSA) is 21.3 Å². The van der Waals surface area contributed by atoms with Gasteiger partial charge in [0.05, 0.1) is 11.0 Å². The predicted molar refractivity (Wildman–Crippen MR) is 231 cm³/mol. The van der Waals surface area contributed by atoms with Crippen LogP contribution in [0.2, 0.25) is 0 Å². The van der Waals surface area contributed by atoms with Crippen molar-refractivity contribution in [1.29, 1.82) is 0 Å². The van der Waals surface area contributed by atoms with Crippen LogP contribution in [0.25, 0.3) is 82.5 Å². The Morgan fingerprint density at radius 2 is 0.927 bits per heavy atom. The molecule has 0 aliphatic heterocycles. The van der Waals surface area contributed by atoms with Gasteiger partial charge in [-0.3, -0.25) is 0 Å². The molecule has 0 bridgehead atoms. The molecule has 55 heavy (non-hydrogen) atoms. The molecule has 9 aromatic carbocycles. The van der Waals surface area contributed by atoms with Gasteiger partial charge >= 0.3 is 0 Å². The lowest BCUT2D eigenvalue weighted by molar-refractivity contribution is 0.669. The highest BCUT2D eigenvalue weighted by molar-refractivity contribution is 6.17. The first kappa shape index (κ1) is 31.2. The fraction of sp³-hybridized carbons (Fsp3) is 0. The van der Waals surface area contributed by atoms with Crippen molar-refractivity contribution in [1.82, 2.24) is 4.57 Å². The van der Waals surface area contributed by atoms with E-state index in [9.17, 15) is 0 Å². The Kier molecular flexibility index (Phi) is 7.17. The van der Waals surface area contributed by atoms with Gasteiger partial charge in [-0.1, -0.05) is 133 Å². The highest BCUT2D eigenvalue weighted by Gasteiger charge is 2.17.